The predicted molar refractivity (Wildman–Crippen MR) is 128 cm³/mol. The second kappa shape index (κ2) is 8.65. The number of carboxylic acids is 1. The molecule has 7 nitrogen and oxygen atoms in total. The van der Waals surface area contributed by atoms with Gasteiger partial charge in [0.2, 0.25) is 0 Å². The van der Waals surface area contributed by atoms with Crippen molar-refractivity contribution in [1.29, 1.82) is 0 Å². The Bertz CT molecular complexity index is 1450. The minimum atomic E-state index is -1.11. The van der Waals surface area contributed by atoms with Crippen LogP contribution in [0.5, 0.6) is 5.75 Å². The fraction of sp³-hybridized carbons (Fsp3) is 0.269. The number of nitrogens with zero attached hydrogens (tertiary/aromatic N) is 3. The number of halogens is 2. The van der Waals surface area contributed by atoms with Crippen molar-refractivity contribution < 1.29 is 23.4 Å². The Kier molecular flexibility index (Phi) is 5.62. The molecule has 2 aromatic carbocycles. The minimum absolute atomic E-state index is 0.208. The average Bonchev–Trinajstić information content (AvgIpc) is 3.58. The quantitative estimate of drug-likeness (QED) is 0.374. The molecule has 0 unspecified atom stereocenters. The summed E-state index contributed by atoms with van der Waals surface area (Å²) < 4.78 is 36.6. The number of hydrogen-bond acceptors (Lipinski definition) is 5. The molecule has 9 heteroatoms. The van der Waals surface area contributed by atoms with Crippen molar-refractivity contribution >= 4 is 22.7 Å². The summed E-state index contributed by atoms with van der Waals surface area (Å²) in [6.07, 6.45) is 2.25. The Hall–Kier alpha value is -4.01. The number of aliphatic carboxylic acids is 1. The lowest BCUT2D eigenvalue weighted by Gasteiger charge is -2.13. The fourth-order valence-corrected chi connectivity index (χ4v) is 4.60. The molecule has 1 fully saturated rings. The van der Waals surface area contributed by atoms with Crippen LogP contribution in [0.1, 0.15) is 24.1 Å². The van der Waals surface area contributed by atoms with Gasteiger partial charge in [-0.2, -0.15) is 0 Å². The number of ether oxygens (including phenoxy) is 1. The highest BCUT2D eigenvalue weighted by atomic mass is 19.1. The lowest BCUT2D eigenvalue weighted by atomic mass is 9.94. The maximum atomic E-state index is 14.8. The Morgan fingerprint density at radius 2 is 1.94 bits per heavy atom. The number of aromatic nitrogens is 3. The van der Waals surface area contributed by atoms with Gasteiger partial charge in [-0.3, -0.25) is 4.79 Å². The molecule has 1 saturated carbocycles. The molecule has 2 heterocycles. The zero-order valence-corrected chi connectivity index (χ0v) is 19.3. The van der Waals surface area contributed by atoms with Gasteiger partial charge in [0.05, 0.1) is 23.7 Å². The molecule has 0 bridgehead atoms. The van der Waals surface area contributed by atoms with Gasteiger partial charge in [0, 0.05) is 41.4 Å². The first-order chi connectivity index (χ1) is 16.8. The van der Waals surface area contributed by atoms with E-state index in [9.17, 15) is 18.7 Å². The third-order valence-electron chi connectivity index (χ3n) is 6.65. The zero-order chi connectivity index (χ0) is 24.7. The highest BCUT2D eigenvalue weighted by Crippen LogP contribution is 2.49. The van der Waals surface area contributed by atoms with Gasteiger partial charge in [-0.05, 0) is 44.0 Å². The molecule has 0 radical (unpaired) electrons. The van der Waals surface area contributed by atoms with E-state index in [-0.39, 0.29) is 11.4 Å². The van der Waals surface area contributed by atoms with E-state index in [1.807, 2.05) is 17.6 Å². The number of carboxylic acid groups (broad SMARTS) is 1. The Morgan fingerprint density at radius 3 is 2.63 bits per heavy atom. The van der Waals surface area contributed by atoms with E-state index in [4.69, 9.17) is 4.74 Å². The summed E-state index contributed by atoms with van der Waals surface area (Å²) in [5.74, 6) is -0.717. The highest BCUT2D eigenvalue weighted by molar-refractivity contribution is 5.88. The number of nitrogens with one attached hydrogen (secondary N) is 1. The third kappa shape index (κ3) is 3.96. The molecule has 0 spiro atoms. The lowest BCUT2D eigenvalue weighted by Crippen LogP contribution is -2.20. The summed E-state index contributed by atoms with van der Waals surface area (Å²) in [5.41, 5.74) is 1.52. The Labute approximate surface area is 200 Å². The summed E-state index contributed by atoms with van der Waals surface area (Å²) in [6.45, 7) is 2.86. The lowest BCUT2D eigenvalue weighted by molar-refractivity contribution is -0.140. The van der Waals surface area contributed by atoms with Crippen LogP contribution in [0.25, 0.3) is 22.2 Å². The molecule has 180 valence electrons. The van der Waals surface area contributed by atoms with Crippen molar-refractivity contribution in [3.8, 4) is 17.0 Å². The molecule has 1 aliphatic carbocycles. The predicted octanol–water partition coefficient (Wildman–Crippen LogP) is 4.92. The molecule has 2 aromatic heterocycles. The van der Waals surface area contributed by atoms with Crippen LogP contribution in [-0.2, 0) is 16.8 Å². The number of aryl methyl sites for hydroxylation is 1. The van der Waals surface area contributed by atoms with Crippen LogP contribution in [-0.4, -0.2) is 39.3 Å². The second-order valence-corrected chi connectivity index (χ2v) is 8.75. The number of benzene rings is 2. The topological polar surface area (TPSA) is 89.3 Å². The van der Waals surface area contributed by atoms with Crippen LogP contribution in [0.15, 0.2) is 48.8 Å². The summed E-state index contributed by atoms with van der Waals surface area (Å²) in [5, 5.41) is 13.4. The second-order valence-electron chi connectivity index (χ2n) is 8.75. The molecule has 0 atom stereocenters. The van der Waals surface area contributed by atoms with E-state index in [1.165, 1.54) is 24.5 Å². The summed E-state index contributed by atoms with van der Waals surface area (Å²) in [6, 6.07) is 11.1. The number of methoxy groups -OCH3 is 1. The summed E-state index contributed by atoms with van der Waals surface area (Å²) in [4.78, 5) is 20.0. The first-order valence-corrected chi connectivity index (χ1v) is 11.3. The van der Waals surface area contributed by atoms with Crippen LogP contribution in [0.4, 0.5) is 14.6 Å². The minimum Gasteiger partial charge on any atom is -0.496 e. The van der Waals surface area contributed by atoms with Crippen LogP contribution >= 0.6 is 0 Å². The van der Waals surface area contributed by atoms with Crippen molar-refractivity contribution in [3.63, 3.8) is 0 Å². The number of carbonyl (C=O) groups is 1. The standard InChI is InChI=1S/C26H24F2N4O3/c1-15-11-17-22(35-2)6-5-19(27)24(17)32(15)10-9-29-23-13-21(30-14-31-23)16-3-4-18(20(28)12-16)26(7-8-26)25(33)34/h3-6,11-14H,7-10H2,1-2H3,(H,33,34)(H,29,30,31). The maximum absolute atomic E-state index is 14.8. The summed E-state index contributed by atoms with van der Waals surface area (Å²) >= 11 is 0. The number of hydrogen-bond donors (Lipinski definition) is 2. The Balaban J connectivity index is 1.33. The smallest absolute Gasteiger partial charge is 0.314 e. The molecule has 0 amide bonds. The van der Waals surface area contributed by atoms with Crippen molar-refractivity contribution in [2.24, 2.45) is 0 Å². The molecular weight excluding hydrogens is 454 g/mol. The summed E-state index contributed by atoms with van der Waals surface area (Å²) in [7, 11) is 1.56. The number of anilines is 1. The molecule has 0 aliphatic heterocycles. The van der Waals surface area contributed by atoms with E-state index in [1.54, 1.807) is 25.3 Å². The highest BCUT2D eigenvalue weighted by Gasteiger charge is 2.53. The zero-order valence-electron chi connectivity index (χ0n) is 19.3. The average molecular weight is 478 g/mol. The van der Waals surface area contributed by atoms with Gasteiger partial charge in [0.25, 0.3) is 0 Å². The molecular formula is C26H24F2N4O3. The third-order valence-corrected chi connectivity index (χ3v) is 6.65. The van der Waals surface area contributed by atoms with E-state index in [0.717, 1.165) is 11.1 Å². The SMILES string of the molecule is COc1ccc(F)c2c1cc(C)n2CCNc1cc(-c2ccc(C3(C(=O)O)CC3)c(F)c2)ncn1. The normalized spacial score (nSPS) is 14.2. The van der Waals surface area contributed by atoms with Crippen molar-refractivity contribution in [2.45, 2.75) is 31.7 Å². The molecule has 2 N–H and O–H groups in total. The van der Waals surface area contributed by atoms with Gasteiger partial charge in [0.15, 0.2) is 0 Å². The van der Waals surface area contributed by atoms with Gasteiger partial charge < -0.3 is 19.7 Å². The Morgan fingerprint density at radius 1 is 1.14 bits per heavy atom. The molecule has 35 heavy (non-hydrogen) atoms. The molecule has 4 aromatic rings. The molecule has 1 aliphatic rings. The van der Waals surface area contributed by atoms with E-state index < -0.39 is 17.2 Å². The van der Waals surface area contributed by atoms with Crippen LogP contribution in [0.3, 0.4) is 0 Å². The van der Waals surface area contributed by atoms with Crippen LogP contribution in [0, 0.1) is 18.6 Å². The monoisotopic (exact) mass is 478 g/mol. The van der Waals surface area contributed by atoms with Gasteiger partial charge >= 0.3 is 5.97 Å². The van der Waals surface area contributed by atoms with E-state index >= 15 is 0 Å². The first kappa shape index (κ1) is 22.8. The number of rotatable bonds is 8. The molecule has 5 rings (SSSR count). The number of fused-ring (bicyclic) bond motifs is 1. The van der Waals surface area contributed by atoms with Crippen LogP contribution < -0.4 is 10.1 Å². The largest absolute Gasteiger partial charge is 0.496 e. The molecule has 0 saturated heterocycles. The van der Waals surface area contributed by atoms with E-state index in [2.05, 4.69) is 15.3 Å². The van der Waals surface area contributed by atoms with Crippen molar-refractivity contribution in [3.05, 3.63) is 71.7 Å². The first-order valence-electron chi connectivity index (χ1n) is 11.3. The van der Waals surface area contributed by atoms with Gasteiger partial charge in [0.1, 0.15) is 29.5 Å². The van der Waals surface area contributed by atoms with E-state index in [0.29, 0.717) is 54.3 Å². The van der Waals surface area contributed by atoms with Crippen molar-refractivity contribution in [1.82, 2.24) is 14.5 Å². The fourth-order valence-electron chi connectivity index (χ4n) is 4.60. The van der Waals surface area contributed by atoms with Gasteiger partial charge in [-0.1, -0.05) is 12.1 Å². The van der Waals surface area contributed by atoms with Gasteiger partial charge in [-0.15, -0.1) is 0 Å². The maximum Gasteiger partial charge on any atom is 0.314 e. The van der Waals surface area contributed by atoms with Gasteiger partial charge in [-0.25, -0.2) is 18.7 Å². The van der Waals surface area contributed by atoms with Crippen LogP contribution in [0.2, 0.25) is 0 Å². The van der Waals surface area contributed by atoms with Crippen molar-refractivity contribution in [2.75, 3.05) is 19.0 Å².